The summed E-state index contributed by atoms with van der Waals surface area (Å²) in [5.74, 6) is -5.64. The van der Waals surface area contributed by atoms with Crippen LogP contribution in [-0.4, -0.2) is 69.9 Å². The number of likely N-dealkylation sites (tertiary alicyclic amines) is 2. The molecule has 8 nitrogen and oxygen atoms in total. The number of aliphatic hydroxyl groups excluding tert-OH is 2. The van der Waals surface area contributed by atoms with Gasteiger partial charge in [0.1, 0.15) is 0 Å². The van der Waals surface area contributed by atoms with Crippen LogP contribution in [0.3, 0.4) is 0 Å². The van der Waals surface area contributed by atoms with Gasteiger partial charge in [-0.15, -0.1) is 0 Å². The van der Waals surface area contributed by atoms with Crippen molar-refractivity contribution in [1.29, 1.82) is 0 Å². The summed E-state index contributed by atoms with van der Waals surface area (Å²) in [6.45, 7) is 0.880. The lowest BCUT2D eigenvalue weighted by atomic mass is 9.41. The van der Waals surface area contributed by atoms with Crippen molar-refractivity contribution in [3.63, 3.8) is 0 Å². The van der Waals surface area contributed by atoms with Crippen LogP contribution in [-0.2, 0) is 19.2 Å². The van der Waals surface area contributed by atoms with E-state index in [4.69, 9.17) is 0 Å². The minimum atomic E-state index is -1.16. The SMILES string of the molecule is CC12C(c3ccccc3)=C(c3ccccc3)C(C3C(=O)N(CCO)C(=O)C31)C1C(=O)N(CCO)C(=O)C12. The average molecular weight is 501 g/mol. The number of imide groups is 2. The Morgan fingerprint density at radius 1 is 0.649 bits per heavy atom. The Bertz CT molecular complexity index is 1290. The average Bonchev–Trinajstić information content (AvgIpc) is 3.32. The summed E-state index contributed by atoms with van der Waals surface area (Å²) in [6, 6.07) is 19.1. The predicted octanol–water partition coefficient (Wildman–Crippen LogP) is 1.43. The van der Waals surface area contributed by atoms with E-state index in [1.165, 1.54) is 0 Å². The van der Waals surface area contributed by atoms with Gasteiger partial charge >= 0.3 is 0 Å². The Labute approximate surface area is 214 Å². The van der Waals surface area contributed by atoms with Crippen molar-refractivity contribution in [2.24, 2.45) is 35.0 Å². The molecule has 0 radical (unpaired) electrons. The fraction of sp³-hybridized carbons (Fsp3) is 0.379. The van der Waals surface area contributed by atoms with E-state index in [0.29, 0.717) is 0 Å². The lowest BCUT2D eigenvalue weighted by molar-refractivity contribution is -0.144. The molecule has 2 heterocycles. The summed E-state index contributed by atoms with van der Waals surface area (Å²) in [6.07, 6.45) is 0. The molecule has 2 bridgehead atoms. The van der Waals surface area contributed by atoms with Gasteiger partial charge in [0.25, 0.3) is 0 Å². The van der Waals surface area contributed by atoms with Gasteiger partial charge in [0, 0.05) is 11.3 Å². The molecule has 2 aromatic rings. The highest BCUT2D eigenvalue weighted by Gasteiger charge is 2.76. The van der Waals surface area contributed by atoms with Gasteiger partial charge in [-0.25, -0.2) is 0 Å². The molecule has 2 saturated heterocycles. The normalized spacial score (nSPS) is 32.5. The highest BCUT2D eigenvalue weighted by Crippen LogP contribution is 2.71. The first-order valence-corrected chi connectivity index (χ1v) is 12.7. The monoisotopic (exact) mass is 500 g/mol. The zero-order valence-corrected chi connectivity index (χ0v) is 20.4. The molecule has 1 saturated carbocycles. The molecule has 4 atom stereocenters. The number of aliphatic hydroxyl groups is 2. The molecule has 4 unspecified atom stereocenters. The smallest absolute Gasteiger partial charge is 0.234 e. The van der Waals surface area contributed by atoms with Crippen molar-refractivity contribution in [2.45, 2.75) is 6.92 Å². The van der Waals surface area contributed by atoms with Crippen molar-refractivity contribution in [3.8, 4) is 0 Å². The summed E-state index contributed by atoms with van der Waals surface area (Å²) in [7, 11) is 0. The van der Waals surface area contributed by atoms with Gasteiger partial charge in [-0.1, -0.05) is 67.6 Å². The lowest BCUT2D eigenvalue weighted by Crippen LogP contribution is -2.59. The third kappa shape index (κ3) is 2.97. The van der Waals surface area contributed by atoms with E-state index >= 15 is 0 Å². The number of amides is 4. The lowest BCUT2D eigenvalue weighted by Gasteiger charge is -2.57. The summed E-state index contributed by atoms with van der Waals surface area (Å²) in [5, 5.41) is 19.2. The Morgan fingerprint density at radius 2 is 1.08 bits per heavy atom. The van der Waals surface area contributed by atoms with E-state index in [1.54, 1.807) is 0 Å². The quantitative estimate of drug-likeness (QED) is 0.580. The zero-order chi connectivity index (χ0) is 26.1. The minimum Gasteiger partial charge on any atom is -0.395 e. The van der Waals surface area contributed by atoms with Crippen LogP contribution in [0, 0.1) is 35.0 Å². The third-order valence-electron chi connectivity index (χ3n) is 8.89. The number of carbonyl (C=O) groups excluding carboxylic acids is 4. The van der Waals surface area contributed by atoms with Crippen LogP contribution in [0.25, 0.3) is 11.1 Å². The van der Waals surface area contributed by atoms with Crippen LogP contribution in [0.2, 0.25) is 0 Å². The highest BCUT2D eigenvalue weighted by molar-refractivity contribution is 6.17. The molecule has 0 spiro atoms. The van der Waals surface area contributed by atoms with Crippen molar-refractivity contribution >= 4 is 34.8 Å². The van der Waals surface area contributed by atoms with Gasteiger partial charge in [-0.2, -0.15) is 0 Å². The van der Waals surface area contributed by atoms with E-state index in [0.717, 1.165) is 32.1 Å². The molecule has 8 heteroatoms. The summed E-state index contributed by atoms with van der Waals surface area (Å²) >= 11 is 0. The summed E-state index contributed by atoms with van der Waals surface area (Å²) in [4.78, 5) is 57.5. The molecule has 4 amide bonds. The highest BCUT2D eigenvalue weighted by atomic mass is 16.3. The first-order chi connectivity index (χ1) is 17.9. The number of benzene rings is 2. The van der Waals surface area contributed by atoms with Crippen LogP contribution in [0.4, 0.5) is 0 Å². The standard InChI is InChI=1S/C29H28N2O6/c1-29-22(17-10-6-3-7-11-17)18(16-8-4-2-5-9-16)19(20-23(29)27(36)30(12-14-32)25(20)34)21-24(29)28(37)31(13-15-33)26(21)35/h2-11,19-21,23-24,32-33H,12-15H2,1H3. The van der Waals surface area contributed by atoms with Crippen molar-refractivity contribution in [3.05, 3.63) is 71.8 Å². The maximum atomic E-state index is 13.9. The van der Waals surface area contributed by atoms with Crippen LogP contribution in [0.1, 0.15) is 18.1 Å². The van der Waals surface area contributed by atoms with Crippen LogP contribution in [0.5, 0.6) is 0 Å². The molecule has 5 aliphatic rings. The Kier molecular flexibility index (Phi) is 5.43. The first-order valence-electron chi connectivity index (χ1n) is 12.7. The van der Waals surface area contributed by atoms with Crippen LogP contribution in [0.15, 0.2) is 60.7 Å². The van der Waals surface area contributed by atoms with Gasteiger partial charge in [0.2, 0.25) is 23.6 Å². The Hall–Kier alpha value is -3.62. The summed E-state index contributed by atoms with van der Waals surface area (Å²) < 4.78 is 0. The van der Waals surface area contributed by atoms with Crippen LogP contribution < -0.4 is 0 Å². The third-order valence-corrected chi connectivity index (χ3v) is 8.89. The number of nitrogens with zero attached hydrogens (tertiary/aromatic N) is 2. The molecule has 37 heavy (non-hydrogen) atoms. The Balaban J connectivity index is 1.69. The first kappa shape index (κ1) is 23.8. The molecule has 7 rings (SSSR count). The molecule has 190 valence electrons. The number of rotatable bonds is 6. The van der Waals surface area contributed by atoms with Gasteiger partial charge in [-0.05, 0) is 22.3 Å². The second kappa shape index (κ2) is 8.46. The van der Waals surface area contributed by atoms with Gasteiger partial charge in [0.15, 0.2) is 0 Å². The maximum Gasteiger partial charge on any atom is 0.234 e. The van der Waals surface area contributed by atoms with Crippen LogP contribution >= 0.6 is 0 Å². The van der Waals surface area contributed by atoms with Crippen molar-refractivity contribution in [2.75, 3.05) is 26.3 Å². The molecule has 3 fully saturated rings. The zero-order valence-electron chi connectivity index (χ0n) is 20.4. The largest absolute Gasteiger partial charge is 0.395 e. The topological polar surface area (TPSA) is 115 Å². The van der Waals surface area contributed by atoms with E-state index in [2.05, 4.69) is 0 Å². The number of allylic oxidation sites excluding steroid dienone is 2. The van der Waals surface area contributed by atoms with Crippen molar-refractivity contribution < 1.29 is 29.4 Å². The molecular formula is C29H28N2O6. The van der Waals surface area contributed by atoms with Crippen molar-refractivity contribution in [1.82, 2.24) is 9.80 Å². The number of hydrogen-bond donors (Lipinski definition) is 2. The number of β-amino-alcohol motifs (C(OH)–C–C–N with tert-alkyl or cyclic N) is 2. The van der Waals surface area contributed by atoms with Gasteiger partial charge < -0.3 is 10.2 Å². The van der Waals surface area contributed by atoms with E-state index in [-0.39, 0.29) is 26.3 Å². The molecule has 2 aliphatic heterocycles. The number of hydrogen-bond acceptors (Lipinski definition) is 6. The Morgan fingerprint density at radius 3 is 1.51 bits per heavy atom. The second-order valence-electron chi connectivity index (χ2n) is 10.4. The minimum absolute atomic E-state index is 0.122. The second-order valence-corrected chi connectivity index (χ2v) is 10.4. The maximum absolute atomic E-state index is 13.9. The molecule has 2 aromatic carbocycles. The molecule has 3 aliphatic carbocycles. The molecular weight excluding hydrogens is 472 g/mol. The molecule has 0 aromatic heterocycles. The fourth-order valence-corrected chi connectivity index (χ4v) is 7.70. The van der Waals surface area contributed by atoms with Gasteiger partial charge in [-0.3, -0.25) is 29.0 Å². The van der Waals surface area contributed by atoms with E-state index in [1.807, 2.05) is 67.6 Å². The van der Waals surface area contributed by atoms with E-state index < -0.39 is 58.6 Å². The summed E-state index contributed by atoms with van der Waals surface area (Å²) in [5.41, 5.74) is 2.15. The fourth-order valence-electron chi connectivity index (χ4n) is 7.70. The van der Waals surface area contributed by atoms with E-state index in [9.17, 15) is 29.4 Å². The molecule has 2 N–H and O–H groups in total. The van der Waals surface area contributed by atoms with Gasteiger partial charge in [0.05, 0.1) is 50.0 Å². The number of carbonyl (C=O) groups is 4. The predicted molar refractivity (Wildman–Crippen MR) is 133 cm³/mol.